The molecule has 1 aromatic heterocycles. The standard InChI is InChI=1S/C14H21N5O3S2/c1-15-12(7-19(21)22)16-4-6-23-9-11-10-24-13(17-11)8-18-5-2-3-14(18)20/h7,10,15-16H,2-6,8-9H2,1H3. The molecular weight excluding hydrogens is 350 g/mol. The number of amides is 1. The summed E-state index contributed by atoms with van der Waals surface area (Å²) in [6, 6.07) is 0. The molecular formula is C14H21N5O3S2. The van der Waals surface area contributed by atoms with E-state index in [1.54, 1.807) is 30.1 Å². The monoisotopic (exact) mass is 371 g/mol. The first-order chi connectivity index (χ1) is 11.6. The van der Waals surface area contributed by atoms with E-state index < -0.39 is 4.92 Å². The molecule has 2 N–H and O–H groups in total. The lowest BCUT2D eigenvalue weighted by atomic mass is 10.4. The Balaban J connectivity index is 1.66. The van der Waals surface area contributed by atoms with Gasteiger partial charge in [0.05, 0.1) is 17.2 Å². The molecule has 0 radical (unpaired) electrons. The van der Waals surface area contributed by atoms with E-state index >= 15 is 0 Å². The number of rotatable bonds is 10. The van der Waals surface area contributed by atoms with Crippen LogP contribution in [0.5, 0.6) is 0 Å². The third-order valence-electron chi connectivity index (χ3n) is 3.41. The molecule has 0 bridgehead atoms. The minimum atomic E-state index is -0.492. The molecule has 132 valence electrons. The highest BCUT2D eigenvalue weighted by Gasteiger charge is 2.21. The van der Waals surface area contributed by atoms with Gasteiger partial charge in [0.15, 0.2) is 5.82 Å². The normalized spacial score (nSPS) is 15.0. The minimum Gasteiger partial charge on any atom is -0.370 e. The van der Waals surface area contributed by atoms with E-state index in [0.717, 1.165) is 41.4 Å². The Labute approximate surface area is 148 Å². The first-order valence-electron chi connectivity index (χ1n) is 7.64. The van der Waals surface area contributed by atoms with E-state index in [2.05, 4.69) is 15.6 Å². The number of likely N-dealkylation sites (tertiary alicyclic amines) is 1. The van der Waals surface area contributed by atoms with Crippen molar-refractivity contribution in [1.82, 2.24) is 20.5 Å². The Morgan fingerprint density at radius 2 is 2.46 bits per heavy atom. The van der Waals surface area contributed by atoms with Gasteiger partial charge in [-0.2, -0.15) is 11.8 Å². The zero-order chi connectivity index (χ0) is 17.4. The zero-order valence-corrected chi connectivity index (χ0v) is 15.1. The second-order valence-electron chi connectivity index (χ2n) is 5.21. The van der Waals surface area contributed by atoms with Gasteiger partial charge in [0.2, 0.25) is 5.91 Å². The number of carbonyl (C=O) groups is 1. The molecule has 1 fully saturated rings. The summed E-state index contributed by atoms with van der Waals surface area (Å²) in [7, 11) is 1.64. The number of nitrogens with one attached hydrogen (secondary N) is 2. The predicted octanol–water partition coefficient (Wildman–Crippen LogP) is 1.38. The highest BCUT2D eigenvalue weighted by Crippen LogP contribution is 2.19. The molecule has 2 heterocycles. The van der Waals surface area contributed by atoms with E-state index in [4.69, 9.17) is 0 Å². The van der Waals surface area contributed by atoms with Gasteiger partial charge in [-0.1, -0.05) is 0 Å². The quantitative estimate of drug-likeness (QED) is 0.364. The van der Waals surface area contributed by atoms with Crippen molar-refractivity contribution in [3.05, 3.63) is 38.2 Å². The Morgan fingerprint density at radius 3 is 3.12 bits per heavy atom. The van der Waals surface area contributed by atoms with Crippen LogP contribution in [0.4, 0.5) is 0 Å². The third kappa shape index (κ3) is 6.00. The van der Waals surface area contributed by atoms with Gasteiger partial charge in [0, 0.05) is 43.4 Å². The van der Waals surface area contributed by atoms with Gasteiger partial charge in [0.25, 0.3) is 6.20 Å². The molecule has 0 spiro atoms. The van der Waals surface area contributed by atoms with Crippen LogP contribution in [0.2, 0.25) is 0 Å². The number of thiazole rings is 1. The van der Waals surface area contributed by atoms with Crippen LogP contribution in [0.3, 0.4) is 0 Å². The minimum absolute atomic E-state index is 0.218. The van der Waals surface area contributed by atoms with Crippen molar-refractivity contribution in [1.29, 1.82) is 0 Å². The van der Waals surface area contributed by atoms with Gasteiger partial charge < -0.3 is 15.5 Å². The number of nitrogens with zero attached hydrogens (tertiary/aromatic N) is 3. The number of hydrogen-bond acceptors (Lipinski definition) is 8. The highest BCUT2D eigenvalue weighted by molar-refractivity contribution is 7.98. The third-order valence-corrected chi connectivity index (χ3v) is 5.29. The maximum atomic E-state index is 11.6. The van der Waals surface area contributed by atoms with Gasteiger partial charge >= 0.3 is 0 Å². The number of thioether (sulfide) groups is 1. The van der Waals surface area contributed by atoms with Gasteiger partial charge in [-0.3, -0.25) is 14.9 Å². The zero-order valence-electron chi connectivity index (χ0n) is 13.5. The average Bonchev–Trinajstić information content (AvgIpc) is 3.15. The molecule has 1 amide bonds. The molecule has 2 rings (SSSR count). The molecule has 0 aromatic carbocycles. The van der Waals surface area contributed by atoms with Crippen LogP contribution in [-0.4, -0.2) is 46.6 Å². The second kappa shape index (κ2) is 9.48. The summed E-state index contributed by atoms with van der Waals surface area (Å²) < 4.78 is 0. The molecule has 0 saturated carbocycles. The lowest BCUT2D eigenvalue weighted by Crippen LogP contribution is -2.26. The van der Waals surface area contributed by atoms with Crippen molar-refractivity contribution < 1.29 is 9.72 Å². The molecule has 0 atom stereocenters. The Bertz CT molecular complexity index is 605. The molecule has 1 aliphatic rings. The van der Waals surface area contributed by atoms with E-state index in [9.17, 15) is 14.9 Å². The fourth-order valence-electron chi connectivity index (χ4n) is 2.26. The molecule has 1 saturated heterocycles. The maximum absolute atomic E-state index is 11.6. The fourth-order valence-corrected chi connectivity index (χ4v) is 3.92. The van der Waals surface area contributed by atoms with Crippen LogP contribution in [0.15, 0.2) is 17.4 Å². The van der Waals surface area contributed by atoms with Crippen LogP contribution >= 0.6 is 23.1 Å². The molecule has 8 nitrogen and oxygen atoms in total. The van der Waals surface area contributed by atoms with Gasteiger partial charge in [-0.15, -0.1) is 11.3 Å². The molecule has 10 heteroatoms. The van der Waals surface area contributed by atoms with Gasteiger partial charge in [-0.05, 0) is 6.42 Å². The topological polar surface area (TPSA) is 100 Å². The number of carbonyl (C=O) groups excluding carboxylic acids is 1. The lowest BCUT2D eigenvalue weighted by Gasteiger charge is -2.12. The summed E-state index contributed by atoms with van der Waals surface area (Å²) in [5, 5.41) is 19.1. The fraction of sp³-hybridized carbons (Fsp3) is 0.571. The summed E-state index contributed by atoms with van der Waals surface area (Å²) in [4.78, 5) is 28.0. The van der Waals surface area contributed by atoms with Gasteiger partial charge in [0.1, 0.15) is 5.01 Å². The van der Waals surface area contributed by atoms with Crippen molar-refractivity contribution in [3.8, 4) is 0 Å². The van der Waals surface area contributed by atoms with Crippen LogP contribution in [0, 0.1) is 10.1 Å². The summed E-state index contributed by atoms with van der Waals surface area (Å²) in [6.45, 7) is 2.08. The molecule has 0 unspecified atom stereocenters. The second-order valence-corrected chi connectivity index (χ2v) is 7.26. The van der Waals surface area contributed by atoms with E-state index in [1.165, 1.54) is 0 Å². The first kappa shape index (κ1) is 18.5. The summed E-state index contributed by atoms with van der Waals surface area (Å²) in [6.07, 6.45) is 2.51. The summed E-state index contributed by atoms with van der Waals surface area (Å²) >= 11 is 3.30. The SMILES string of the molecule is CNC(=C[N+](=O)[O-])NCCSCc1csc(CN2CCCC2=O)n1. The van der Waals surface area contributed by atoms with E-state index in [0.29, 0.717) is 25.3 Å². The van der Waals surface area contributed by atoms with Crippen molar-refractivity contribution >= 4 is 29.0 Å². The summed E-state index contributed by atoms with van der Waals surface area (Å²) in [5.74, 6) is 2.22. The molecule has 24 heavy (non-hydrogen) atoms. The average molecular weight is 371 g/mol. The van der Waals surface area contributed by atoms with Crippen LogP contribution < -0.4 is 10.6 Å². The Hall–Kier alpha value is -1.81. The largest absolute Gasteiger partial charge is 0.370 e. The van der Waals surface area contributed by atoms with Gasteiger partial charge in [-0.25, -0.2) is 4.98 Å². The molecule has 1 aromatic rings. The maximum Gasteiger partial charge on any atom is 0.274 e. The predicted molar refractivity (Wildman–Crippen MR) is 95.1 cm³/mol. The van der Waals surface area contributed by atoms with Crippen molar-refractivity contribution in [2.45, 2.75) is 25.1 Å². The van der Waals surface area contributed by atoms with Crippen LogP contribution in [-0.2, 0) is 17.1 Å². The van der Waals surface area contributed by atoms with E-state index in [-0.39, 0.29) is 5.91 Å². The first-order valence-corrected chi connectivity index (χ1v) is 9.67. The van der Waals surface area contributed by atoms with Crippen LogP contribution in [0.1, 0.15) is 23.5 Å². The number of nitro groups is 1. The van der Waals surface area contributed by atoms with E-state index in [1.807, 2.05) is 10.3 Å². The Morgan fingerprint density at radius 1 is 1.62 bits per heavy atom. The Kier molecular flexibility index (Phi) is 7.32. The van der Waals surface area contributed by atoms with Crippen molar-refractivity contribution in [2.75, 3.05) is 25.9 Å². The number of hydrogen-bond donors (Lipinski definition) is 2. The lowest BCUT2D eigenvalue weighted by molar-refractivity contribution is -0.404. The number of aromatic nitrogens is 1. The van der Waals surface area contributed by atoms with Crippen molar-refractivity contribution in [2.24, 2.45) is 0 Å². The molecule has 0 aliphatic carbocycles. The molecule has 1 aliphatic heterocycles. The van der Waals surface area contributed by atoms with Crippen molar-refractivity contribution in [3.63, 3.8) is 0 Å². The highest BCUT2D eigenvalue weighted by atomic mass is 32.2. The van der Waals surface area contributed by atoms with Crippen LogP contribution in [0.25, 0.3) is 0 Å². The smallest absolute Gasteiger partial charge is 0.274 e. The summed E-state index contributed by atoms with van der Waals surface area (Å²) in [5.41, 5.74) is 1.02.